The van der Waals surface area contributed by atoms with Crippen molar-refractivity contribution in [2.75, 3.05) is 16.0 Å². The molecule has 0 aliphatic heterocycles. The molecule has 0 aromatic heterocycles. The minimum Gasteiger partial charge on any atom is -0.380 e. The van der Waals surface area contributed by atoms with E-state index in [1.807, 2.05) is 0 Å². The van der Waals surface area contributed by atoms with Crippen LogP contribution in [0.1, 0.15) is 185 Å². The van der Waals surface area contributed by atoms with Gasteiger partial charge in [0.05, 0.1) is 0 Å². The molecule has 0 atom stereocenters. The van der Waals surface area contributed by atoms with Crippen LogP contribution in [0.2, 0.25) is 0 Å². The molecule has 0 heterocycles. The fourth-order valence-corrected chi connectivity index (χ4v) is 7.98. The van der Waals surface area contributed by atoms with Crippen LogP contribution in [0.4, 0.5) is 17.1 Å². The van der Waals surface area contributed by atoms with Gasteiger partial charge in [-0.2, -0.15) is 0 Å². The summed E-state index contributed by atoms with van der Waals surface area (Å²) in [6.45, 7) is 37.1. The van der Waals surface area contributed by atoms with Gasteiger partial charge in [0, 0.05) is 36.7 Å². The standard InChI is InChI=1S/C48H69N3/c1-28(2)37-19-16-20-38(29(3)4)46(37)49-25-43-34(13)44(26-50-47-39(30(5)6)21-17-22-40(47)31(7)8)36(15)45(35(43)14)27-51-48-41(32(9)10)23-18-24-42(48)33(11)12/h16-24,28-33,49-51H,25-27H2,1-15H3. The highest BCUT2D eigenvalue weighted by atomic mass is 14.9. The molecule has 4 aromatic rings. The summed E-state index contributed by atoms with van der Waals surface area (Å²) in [5.41, 5.74) is 20.7. The molecule has 0 saturated heterocycles. The molecule has 0 fully saturated rings. The maximum absolute atomic E-state index is 4.02. The van der Waals surface area contributed by atoms with Crippen molar-refractivity contribution in [1.82, 2.24) is 0 Å². The molecular formula is C48H69N3. The second-order valence-corrected chi connectivity index (χ2v) is 16.7. The van der Waals surface area contributed by atoms with E-state index in [0.717, 1.165) is 19.6 Å². The first-order valence-corrected chi connectivity index (χ1v) is 19.8. The molecule has 276 valence electrons. The SMILES string of the molecule is Cc1c(CNc2c(C(C)C)cccc2C(C)C)c(C)c(CNc2c(C(C)C)cccc2C(C)C)c(C)c1CNc1c(C(C)C)cccc1C(C)C. The fourth-order valence-electron chi connectivity index (χ4n) is 7.98. The Bertz CT molecular complexity index is 1480. The highest BCUT2D eigenvalue weighted by Gasteiger charge is 2.22. The molecule has 4 rings (SSSR count). The molecule has 3 N–H and O–H groups in total. The van der Waals surface area contributed by atoms with E-state index in [-0.39, 0.29) is 0 Å². The van der Waals surface area contributed by atoms with Crippen molar-refractivity contribution in [3.05, 3.63) is 121 Å². The van der Waals surface area contributed by atoms with Gasteiger partial charge in [0.15, 0.2) is 0 Å². The number of hydrogen-bond donors (Lipinski definition) is 3. The van der Waals surface area contributed by atoms with Crippen LogP contribution < -0.4 is 16.0 Å². The second kappa shape index (κ2) is 17.2. The van der Waals surface area contributed by atoms with Gasteiger partial charge in [-0.3, -0.25) is 0 Å². The quantitative estimate of drug-likeness (QED) is 0.116. The van der Waals surface area contributed by atoms with E-state index < -0.39 is 0 Å². The molecule has 0 radical (unpaired) electrons. The van der Waals surface area contributed by atoms with Gasteiger partial charge in [-0.25, -0.2) is 0 Å². The van der Waals surface area contributed by atoms with Gasteiger partial charge >= 0.3 is 0 Å². The number of hydrogen-bond acceptors (Lipinski definition) is 3. The van der Waals surface area contributed by atoms with E-state index in [4.69, 9.17) is 0 Å². The van der Waals surface area contributed by atoms with E-state index in [1.54, 1.807) is 0 Å². The van der Waals surface area contributed by atoms with Crippen molar-refractivity contribution in [2.24, 2.45) is 0 Å². The lowest BCUT2D eigenvalue weighted by Gasteiger charge is -2.27. The summed E-state index contributed by atoms with van der Waals surface area (Å²) < 4.78 is 0. The monoisotopic (exact) mass is 688 g/mol. The predicted octanol–water partition coefficient (Wildman–Crippen LogP) is 14.2. The van der Waals surface area contributed by atoms with Crippen LogP contribution in [-0.4, -0.2) is 0 Å². The maximum Gasteiger partial charge on any atom is 0.0413 e. The van der Waals surface area contributed by atoms with Gasteiger partial charge in [0.1, 0.15) is 0 Å². The van der Waals surface area contributed by atoms with E-state index in [0.29, 0.717) is 35.5 Å². The third-order valence-electron chi connectivity index (χ3n) is 11.2. The Morgan fingerprint density at radius 1 is 0.333 bits per heavy atom. The summed E-state index contributed by atoms with van der Waals surface area (Å²) in [5, 5.41) is 12.1. The summed E-state index contributed by atoms with van der Waals surface area (Å²) in [5.74, 6) is 2.66. The lowest BCUT2D eigenvalue weighted by atomic mass is 9.86. The topological polar surface area (TPSA) is 36.1 Å². The third-order valence-corrected chi connectivity index (χ3v) is 11.2. The predicted molar refractivity (Wildman–Crippen MR) is 226 cm³/mol. The van der Waals surface area contributed by atoms with Crippen molar-refractivity contribution in [3.63, 3.8) is 0 Å². The average molecular weight is 688 g/mol. The van der Waals surface area contributed by atoms with Gasteiger partial charge < -0.3 is 16.0 Å². The van der Waals surface area contributed by atoms with Gasteiger partial charge in [-0.1, -0.05) is 138 Å². The molecule has 0 saturated carbocycles. The first-order chi connectivity index (χ1) is 24.1. The molecule has 0 aliphatic carbocycles. The highest BCUT2D eigenvalue weighted by molar-refractivity contribution is 5.65. The molecule has 3 nitrogen and oxygen atoms in total. The van der Waals surface area contributed by atoms with Crippen LogP contribution in [0.3, 0.4) is 0 Å². The normalized spacial score (nSPS) is 11.9. The first-order valence-electron chi connectivity index (χ1n) is 19.8. The Morgan fingerprint density at radius 2 is 0.510 bits per heavy atom. The first kappa shape index (κ1) is 40.1. The Kier molecular flexibility index (Phi) is 13.5. The zero-order valence-corrected chi connectivity index (χ0v) is 34.8. The van der Waals surface area contributed by atoms with Crippen LogP contribution in [0, 0.1) is 20.8 Å². The molecule has 0 bridgehead atoms. The number of para-hydroxylation sites is 3. The molecular weight excluding hydrogens is 619 g/mol. The maximum atomic E-state index is 4.02. The molecule has 4 aromatic carbocycles. The van der Waals surface area contributed by atoms with Crippen molar-refractivity contribution in [1.29, 1.82) is 0 Å². The summed E-state index contributed by atoms with van der Waals surface area (Å²) in [4.78, 5) is 0. The Morgan fingerprint density at radius 3 is 0.667 bits per heavy atom. The van der Waals surface area contributed by atoms with Crippen LogP contribution in [0.25, 0.3) is 0 Å². The van der Waals surface area contributed by atoms with Crippen LogP contribution in [0.5, 0.6) is 0 Å². The Hall–Kier alpha value is -3.72. The minimum atomic E-state index is 0.443. The van der Waals surface area contributed by atoms with E-state index >= 15 is 0 Å². The lowest BCUT2D eigenvalue weighted by Crippen LogP contribution is -2.17. The molecule has 51 heavy (non-hydrogen) atoms. The fraction of sp³-hybridized carbons (Fsp3) is 0.500. The molecule has 0 unspecified atom stereocenters. The third kappa shape index (κ3) is 8.85. The van der Waals surface area contributed by atoms with Crippen LogP contribution in [0.15, 0.2) is 54.6 Å². The second-order valence-electron chi connectivity index (χ2n) is 16.7. The van der Waals surface area contributed by atoms with E-state index in [2.05, 4.69) is 174 Å². The van der Waals surface area contributed by atoms with E-state index in [1.165, 1.54) is 83.8 Å². The highest BCUT2D eigenvalue weighted by Crippen LogP contribution is 2.38. The number of nitrogens with one attached hydrogen (secondary N) is 3. The van der Waals surface area contributed by atoms with Crippen molar-refractivity contribution < 1.29 is 0 Å². The molecule has 0 aliphatic rings. The summed E-state index contributed by atoms with van der Waals surface area (Å²) in [7, 11) is 0. The largest absolute Gasteiger partial charge is 0.380 e. The summed E-state index contributed by atoms with van der Waals surface area (Å²) >= 11 is 0. The Balaban J connectivity index is 1.86. The average Bonchev–Trinajstić information content (AvgIpc) is 3.07. The van der Waals surface area contributed by atoms with Crippen molar-refractivity contribution in [2.45, 2.75) is 159 Å². The van der Waals surface area contributed by atoms with Gasteiger partial charge in [0.2, 0.25) is 0 Å². The molecule has 0 spiro atoms. The zero-order chi connectivity index (χ0) is 37.7. The number of benzene rings is 4. The lowest BCUT2D eigenvalue weighted by molar-refractivity contribution is 0.828. The van der Waals surface area contributed by atoms with Crippen LogP contribution in [-0.2, 0) is 19.6 Å². The van der Waals surface area contributed by atoms with Crippen LogP contribution >= 0.6 is 0 Å². The minimum absolute atomic E-state index is 0.443. The van der Waals surface area contributed by atoms with Gasteiger partial charge in [-0.05, 0) is 123 Å². The van der Waals surface area contributed by atoms with Gasteiger partial charge in [0.25, 0.3) is 0 Å². The van der Waals surface area contributed by atoms with Crippen molar-refractivity contribution >= 4 is 17.1 Å². The van der Waals surface area contributed by atoms with Crippen molar-refractivity contribution in [3.8, 4) is 0 Å². The van der Waals surface area contributed by atoms with E-state index in [9.17, 15) is 0 Å². The summed E-state index contributed by atoms with van der Waals surface area (Å²) in [6, 6.07) is 20.5. The smallest absolute Gasteiger partial charge is 0.0413 e. The molecule has 0 amide bonds. The van der Waals surface area contributed by atoms with Gasteiger partial charge in [-0.15, -0.1) is 0 Å². The number of anilines is 3. The molecule has 3 heteroatoms. The zero-order valence-electron chi connectivity index (χ0n) is 34.8. The number of rotatable bonds is 15. The Labute approximate surface area is 312 Å². The summed E-state index contributed by atoms with van der Waals surface area (Å²) in [6.07, 6.45) is 0.